The van der Waals surface area contributed by atoms with Gasteiger partial charge in [0.25, 0.3) is 0 Å². The molecule has 1 aliphatic heterocycles. The van der Waals surface area contributed by atoms with Crippen LogP contribution >= 0.6 is 0 Å². The molecule has 31 heavy (non-hydrogen) atoms. The van der Waals surface area contributed by atoms with Gasteiger partial charge in [0, 0.05) is 50.5 Å². The van der Waals surface area contributed by atoms with Gasteiger partial charge in [-0.3, -0.25) is 4.79 Å². The minimum atomic E-state index is -0.212. The number of likely N-dealkylation sites (N-methyl/N-ethyl adjacent to an activating group) is 1. The number of carbonyl (C=O) groups excluding carboxylic acids is 2. The zero-order chi connectivity index (χ0) is 22.0. The Morgan fingerprint density at radius 2 is 1.77 bits per heavy atom. The summed E-state index contributed by atoms with van der Waals surface area (Å²) in [7, 11) is 5.22. The maximum absolute atomic E-state index is 12.7. The molecule has 3 amide bonds. The van der Waals surface area contributed by atoms with Crippen LogP contribution in [0, 0.1) is 0 Å². The number of urea groups is 1. The minimum absolute atomic E-state index is 0.0237. The molecule has 0 fully saturated rings. The number of hydrogen-bond acceptors (Lipinski definition) is 4. The number of nitrogens with one attached hydrogen (secondary N) is 1. The first kappa shape index (κ1) is 20.6. The van der Waals surface area contributed by atoms with E-state index in [9.17, 15) is 9.59 Å². The van der Waals surface area contributed by atoms with Crippen molar-refractivity contribution in [2.75, 3.05) is 39.7 Å². The maximum atomic E-state index is 12.7. The standard InChI is InChI=1S/C23H26N4O4/c1-25(2)22(28)15-27-9-8-17-13-18(5-6-19(17)27)24-23(29)26(3)14-16-4-7-20-21(12-16)31-11-10-30-20/h4-9,12-13H,10-11,14-15H2,1-3H3,(H,24,29). The van der Waals surface area contributed by atoms with Crippen LogP contribution in [0.4, 0.5) is 10.5 Å². The molecular weight excluding hydrogens is 396 g/mol. The summed E-state index contributed by atoms with van der Waals surface area (Å²) < 4.78 is 13.1. The van der Waals surface area contributed by atoms with Gasteiger partial charge in [0.15, 0.2) is 11.5 Å². The van der Waals surface area contributed by atoms with Crippen molar-refractivity contribution in [1.82, 2.24) is 14.4 Å². The number of nitrogens with zero attached hydrogens (tertiary/aromatic N) is 3. The molecule has 2 aromatic carbocycles. The molecule has 1 N–H and O–H groups in total. The molecule has 3 aromatic rings. The van der Waals surface area contributed by atoms with E-state index in [1.807, 2.05) is 53.2 Å². The fourth-order valence-electron chi connectivity index (χ4n) is 3.45. The number of ether oxygens (including phenoxy) is 2. The first-order valence-electron chi connectivity index (χ1n) is 10.1. The minimum Gasteiger partial charge on any atom is -0.486 e. The summed E-state index contributed by atoms with van der Waals surface area (Å²) >= 11 is 0. The zero-order valence-corrected chi connectivity index (χ0v) is 17.9. The van der Waals surface area contributed by atoms with Crippen molar-refractivity contribution >= 4 is 28.5 Å². The van der Waals surface area contributed by atoms with E-state index >= 15 is 0 Å². The normalized spacial score (nSPS) is 12.5. The molecular formula is C23H26N4O4. The molecule has 0 atom stereocenters. The summed E-state index contributed by atoms with van der Waals surface area (Å²) in [5, 5.41) is 3.89. The lowest BCUT2D eigenvalue weighted by atomic mass is 10.2. The molecule has 4 rings (SSSR count). The number of carbonyl (C=O) groups is 2. The number of aromatic nitrogens is 1. The monoisotopic (exact) mass is 422 g/mol. The van der Waals surface area contributed by atoms with Crippen molar-refractivity contribution in [3.63, 3.8) is 0 Å². The summed E-state index contributed by atoms with van der Waals surface area (Å²) in [6, 6.07) is 13.1. The van der Waals surface area contributed by atoms with Crippen molar-refractivity contribution in [2.45, 2.75) is 13.1 Å². The van der Waals surface area contributed by atoms with Crippen LogP contribution in [0.5, 0.6) is 11.5 Å². The lowest BCUT2D eigenvalue weighted by Crippen LogP contribution is -2.30. The molecule has 2 heterocycles. The van der Waals surface area contributed by atoms with E-state index in [-0.39, 0.29) is 18.5 Å². The molecule has 0 bridgehead atoms. The van der Waals surface area contributed by atoms with Crippen LogP contribution in [-0.4, -0.2) is 60.7 Å². The van der Waals surface area contributed by atoms with Crippen molar-refractivity contribution < 1.29 is 19.1 Å². The van der Waals surface area contributed by atoms with E-state index in [0.29, 0.717) is 31.2 Å². The molecule has 1 aromatic heterocycles. The molecule has 0 saturated carbocycles. The summed E-state index contributed by atoms with van der Waals surface area (Å²) in [5.74, 6) is 1.46. The van der Waals surface area contributed by atoms with E-state index in [0.717, 1.165) is 22.2 Å². The Hall–Kier alpha value is -3.68. The Balaban J connectivity index is 1.41. The Kier molecular flexibility index (Phi) is 5.70. The van der Waals surface area contributed by atoms with Crippen molar-refractivity contribution in [3.8, 4) is 11.5 Å². The first-order chi connectivity index (χ1) is 14.9. The molecule has 0 radical (unpaired) electrons. The van der Waals surface area contributed by atoms with Crippen LogP contribution in [-0.2, 0) is 17.9 Å². The van der Waals surface area contributed by atoms with Crippen LogP contribution in [0.3, 0.4) is 0 Å². The quantitative estimate of drug-likeness (QED) is 0.685. The third-order valence-electron chi connectivity index (χ3n) is 5.20. The third kappa shape index (κ3) is 4.58. The topological polar surface area (TPSA) is 76.0 Å². The Morgan fingerprint density at radius 3 is 2.55 bits per heavy atom. The van der Waals surface area contributed by atoms with Crippen LogP contribution in [0.2, 0.25) is 0 Å². The number of benzene rings is 2. The van der Waals surface area contributed by atoms with E-state index < -0.39 is 0 Å². The van der Waals surface area contributed by atoms with Crippen LogP contribution in [0.15, 0.2) is 48.7 Å². The summed E-state index contributed by atoms with van der Waals surface area (Å²) in [4.78, 5) is 27.8. The van der Waals surface area contributed by atoms with E-state index in [4.69, 9.17) is 9.47 Å². The average molecular weight is 422 g/mol. The highest BCUT2D eigenvalue weighted by molar-refractivity contribution is 5.93. The number of anilines is 1. The van der Waals surface area contributed by atoms with Gasteiger partial charge in [-0.25, -0.2) is 4.79 Å². The van der Waals surface area contributed by atoms with Gasteiger partial charge in [0.05, 0.1) is 0 Å². The highest BCUT2D eigenvalue weighted by Gasteiger charge is 2.15. The van der Waals surface area contributed by atoms with Gasteiger partial charge in [-0.2, -0.15) is 0 Å². The SMILES string of the molecule is CN(C)C(=O)Cn1ccc2cc(NC(=O)N(C)Cc3ccc4c(c3)OCCO4)ccc21. The average Bonchev–Trinajstić information content (AvgIpc) is 3.15. The Morgan fingerprint density at radius 1 is 1.00 bits per heavy atom. The third-order valence-corrected chi connectivity index (χ3v) is 5.20. The van der Waals surface area contributed by atoms with Crippen molar-refractivity contribution in [2.24, 2.45) is 0 Å². The zero-order valence-electron chi connectivity index (χ0n) is 17.9. The lowest BCUT2D eigenvalue weighted by Gasteiger charge is -2.21. The van der Waals surface area contributed by atoms with Crippen molar-refractivity contribution in [1.29, 1.82) is 0 Å². The van der Waals surface area contributed by atoms with Crippen LogP contribution in [0.25, 0.3) is 10.9 Å². The second-order valence-corrected chi connectivity index (χ2v) is 7.77. The fourth-order valence-corrected chi connectivity index (χ4v) is 3.45. The highest BCUT2D eigenvalue weighted by Crippen LogP contribution is 2.31. The maximum Gasteiger partial charge on any atom is 0.321 e. The lowest BCUT2D eigenvalue weighted by molar-refractivity contribution is -0.129. The predicted molar refractivity (Wildman–Crippen MR) is 119 cm³/mol. The van der Waals surface area contributed by atoms with E-state index in [1.54, 1.807) is 30.9 Å². The van der Waals surface area contributed by atoms with Crippen molar-refractivity contribution in [3.05, 3.63) is 54.2 Å². The Bertz CT molecular complexity index is 1120. The van der Waals surface area contributed by atoms with Gasteiger partial charge in [0.2, 0.25) is 5.91 Å². The summed E-state index contributed by atoms with van der Waals surface area (Å²) in [5.41, 5.74) is 2.60. The van der Waals surface area contributed by atoms with Gasteiger partial charge >= 0.3 is 6.03 Å². The van der Waals surface area contributed by atoms with Gasteiger partial charge in [-0.15, -0.1) is 0 Å². The number of rotatable bonds is 5. The highest BCUT2D eigenvalue weighted by atomic mass is 16.6. The molecule has 162 valence electrons. The molecule has 8 heteroatoms. The Labute approximate surface area is 180 Å². The first-order valence-corrected chi connectivity index (χ1v) is 10.1. The second kappa shape index (κ2) is 8.59. The van der Waals surface area contributed by atoms with Gasteiger partial charge < -0.3 is 29.2 Å². The largest absolute Gasteiger partial charge is 0.486 e. The number of amides is 3. The fraction of sp³-hybridized carbons (Fsp3) is 0.304. The predicted octanol–water partition coefficient (Wildman–Crippen LogP) is 3.16. The van der Waals surface area contributed by atoms with Gasteiger partial charge in [-0.05, 0) is 42.0 Å². The van der Waals surface area contributed by atoms with Gasteiger partial charge in [0.1, 0.15) is 19.8 Å². The molecule has 0 aliphatic carbocycles. The van der Waals surface area contributed by atoms with Crippen LogP contribution < -0.4 is 14.8 Å². The summed E-state index contributed by atoms with van der Waals surface area (Å²) in [6.45, 7) is 1.79. The smallest absolute Gasteiger partial charge is 0.321 e. The van der Waals surface area contributed by atoms with E-state index in [2.05, 4.69) is 5.32 Å². The second-order valence-electron chi connectivity index (χ2n) is 7.77. The van der Waals surface area contributed by atoms with Crippen LogP contribution in [0.1, 0.15) is 5.56 Å². The van der Waals surface area contributed by atoms with Gasteiger partial charge in [-0.1, -0.05) is 6.07 Å². The molecule has 8 nitrogen and oxygen atoms in total. The molecule has 0 unspecified atom stereocenters. The molecule has 0 spiro atoms. The molecule has 1 aliphatic rings. The number of hydrogen-bond donors (Lipinski definition) is 1. The summed E-state index contributed by atoms with van der Waals surface area (Å²) in [6.07, 6.45) is 1.88. The molecule has 0 saturated heterocycles. The number of fused-ring (bicyclic) bond motifs is 2. The van der Waals surface area contributed by atoms with E-state index in [1.165, 1.54) is 0 Å².